The number of amides is 1. The first-order valence-electron chi connectivity index (χ1n) is 11.7. The van der Waals surface area contributed by atoms with Gasteiger partial charge in [-0.3, -0.25) is 9.59 Å². The monoisotopic (exact) mass is 525 g/mol. The summed E-state index contributed by atoms with van der Waals surface area (Å²) in [5, 5.41) is 4.49. The summed E-state index contributed by atoms with van der Waals surface area (Å²) >= 11 is 0. The number of rotatable bonds is 7. The molecule has 4 aromatic rings. The molecule has 0 atom stereocenters. The van der Waals surface area contributed by atoms with E-state index in [1.807, 2.05) is 0 Å². The third-order valence-corrected chi connectivity index (χ3v) is 6.29. The van der Waals surface area contributed by atoms with E-state index in [9.17, 15) is 18.4 Å². The van der Waals surface area contributed by atoms with Gasteiger partial charge in [-0.15, -0.1) is 8.78 Å². The summed E-state index contributed by atoms with van der Waals surface area (Å²) in [4.78, 5) is 35.3. The van der Waals surface area contributed by atoms with Crippen molar-refractivity contribution >= 4 is 22.6 Å². The number of ether oxygens (including phenoxy) is 4. The lowest BCUT2D eigenvalue weighted by Gasteiger charge is -2.23. The van der Waals surface area contributed by atoms with Crippen molar-refractivity contribution in [3.05, 3.63) is 53.1 Å². The first-order chi connectivity index (χ1) is 18.3. The van der Waals surface area contributed by atoms with E-state index >= 15 is 0 Å². The van der Waals surface area contributed by atoms with Crippen molar-refractivity contribution in [2.45, 2.75) is 31.7 Å². The van der Waals surface area contributed by atoms with Gasteiger partial charge in [-0.2, -0.15) is 5.10 Å². The first-order valence-corrected chi connectivity index (χ1v) is 11.7. The van der Waals surface area contributed by atoms with Gasteiger partial charge in [-0.1, -0.05) is 0 Å². The second kappa shape index (κ2) is 8.71. The normalized spacial score (nSPS) is 15.5. The molecule has 13 heteroatoms. The van der Waals surface area contributed by atoms with Crippen molar-refractivity contribution in [3.63, 3.8) is 0 Å². The van der Waals surface area contributed by atoms with Crippen LogP contribution in [0.2, 0.25) is 0 Å². The molecule has 2 aromatic carbocycles. The molecule has 6 rings (SSSR count). The molecule has 38 heavy (non-hydrogen) atoms. The summed E-state index contributed by atoms with van der Waals surface area (Å²) in [6.07, 6.45) is -0.939. The average molecular weight is 525 g/mol. The fourth-order valence-electron chi connectivity index (χ4n) is 4.41. The van der Waals surface area contributed by atoms with Crippen molar-refractivity contribution in [1.29, 1.82) is 0 Å². The molecule has 2 aliphatic rings. The van der Waals surface area contributed by atoms with Gasteiger partial charge in [-0.25, -0.2) is 9.67 Å². The predicted molar refractivity (Wildman–Crippen MR) is 130 cm³/mol. The number of carbonyl (C=O) groups is 1. The summed E-state index contributed by atoms with van der Waals surface area (Å²) in [6.45, 7) is -0.400. The number of imidazole rings is 1. The Kier molecular flexibility index (Phi) is 5.44. The number of nitrogens with one attached hydrogen (secondary N) is 1. The Morgan fingerprint density at radius 2 is 1.84 bits per heavy atom. The zero-order chi connectivity index (χ0) is 26.6. The Morgan fingerprint density at radius 3 is 2.53 bits per heavy atom. The minimum atomic E-state index is -3.77. The molecule has 1 amide bonds. The van der Waals surface area contributed by atoms with E-state index in [1.165, 1.54) is 43.6 Å². The van der Waals surface area contributed by atoms with Gasteiger partial charge in [0.2, 0.25) is 5.91 Å². The van der Waals surface area contributed by atoms with Gasteiger partial charge < -0.3 is 28.8 Å². The van der Waals surface area contributed by atoms with Gasteiger partial charge in [0.05, 0.1) is 20.5 Å². The highest BCUT2D eigenvalue weighted by Gasteiger charge is 2.44. The van der Waals surface area contributed by atoms with Crippen LogP contribution in [0.1, 0.15) is 12.8 Å². The molecule has 3 heterocycles. The standard InChI is InChI=1S/C25H21F2N5O6/c1-35-16-7-13(8-17(10-16)36-2)21-22-23(29-12-28-22)24(34)31(30-21)11-20(33)32(14-3-4-14)15-5-6-18-19(9-15)38-25(26,27)37-18/h5-10,12,14H,3-4,11H2,1-2H3,(H,28,29). The fourth-order valence-corrected chi connectivity index (χ4v) is 4.41. The maximum Gasteiger partial charge on any atom is 0.586 e. The number of anilines is 1. The number of hydrogen-bond donors (Lipinski definition) is 1. The predicted octanol–water partition coefficient (Wildman–Crippen LogP) is 3.32. The minimum Gasteiger partial charge on any atom is -0.497 e. The van der Waals surface area contributed by atoms with Gasteiger partial charge in [0.1, 0.15) is 34.8 Å². The second-order valence-corrected chi connectivity index (χ2v) is 8.83. The highest BCUT2D eigenvalue weighted by atomic mass is 19.3. The SMILES string of the molecule is COc1cc(OC)cc(-c2nn(CC(=O)N(c3ccc4c(c3)OC(F)(F)O4)C3CC3)c(=O)c3[nH]cnc23)c1. The van der Waals surface area contributed by atoms with Gasteiger partial charge in [0.25, 0.3) is 5.56 Å². The topological polar surface area (TPSA) is 121 Å². The lowest BCUT2D eigenvalue weighted by molar-refractivity contribution is -0.286. The fraction of sp³-hybridized carbons (Fsp3) is 0.280. The third kappa shape index (κ3) is 4.15. The second-order valence-electron chi connectivity index (χ2n) is 8.83. The molecule has 0 saturated heterocycles. The Balaban J connectivity index is 1.38. The molecule has 1 fully saturated rings. The summed E-state index contributed by atoms with van der Waals surface area (Å²) < 4.78 is 47.8. The van der Waals surface area contributed by atoms with Crippen molar-refractivity contribution in [1.82, 2.24) is 19.7 Å². The molecule has 196 valence electrons. The summed E-state index contributed by atoms with van der Waals surface area (Å²) in [5.41, 5.74) is 1.22. The molecule has 1 N–H and O–H groups in total. The van der Waals surface area contributed by atoms with E-state index < -0.39 is 24.3 Å². The number of halogens is 2. The van der Waals surface area contributed by atoms with Gasteiger partial charge >= 0.3 is 6.29 Å². The molecule has 0 spiro atoms. The first kappa shape index (κ1) is 23.7. The van der Waals surface area contributed by atoms with Gasteiger partial charge in [-0.05, 0) is 37.1 Å². The summed E-state index contributed by atoms with van der Waals surface area (Å²) in [7, 11) is 3.03. The third-order valence-electron chi connectivity index (χ3n) is 6.29. The molecule has 0 unspecified atom stereocenters. The smallest absolute Gasteiger partial charge is 0.497 e. The highest BCUT2D eigenvalue weighted by molar-refractivity contribution is 5.95. The molecule has 11 nitrogen and oxygen atoms in total. The van der Waals surface area contributed by atoms with Crippen LogP contribution in [0.4, 0.5) is 14.5 Å². The molecule has 1 aliphatic carbocycles. The maximum atomic E-state index is 13.5. The molecular formula is C25H21F2N5O6. The zero-order valence-electron chi connectivity index (χ0n) is 20.2. The summed E-state index contributed by atoms with van der Waals surface area (Å²) in [6, 6.07) is 9.14. The van der Waals surface area contributed by atoms with Crippen molar-refractivity contribution < 1.29 is 32.5 Å². The van der Waals surface area contributed by atoms with Crippen LogP contribution in [-0.2, 0) is 11.3 Å². The van der Waals surface area contributed by atoms with Crippen LogP contribution < -0.4 is 29.4 Å². The van der Waals surface area contributed by atoms with Crippen LogP contribution in [0.3, 0.4) is 0 Å². The van der Waals surface area contributed by atoms with Crippen LogP contribution in [0.5, 0.6) is 23.0 Å². The number of carbonyl (C=O) groups excluding carboxylic acids is 1. The van der Waals surface area contributed by atoms with Crippen molar-refractivity contribution in [2.24, 2.45) is 0 Å². The van der Waals surface area contributed by atoms with Gasteiger partial charge in [0.15, 0.2) is 11.5 Å². The number of fused-ring (bicyclic) bond motifs is 2. The molecule has 1 aliphatic heterocycles. The number of alkyl halides is 2. The van der Waals surface area contributed by atoms with E-state index in [1.54, 1.807) is 18.2 Å². The number of aromatic nitrogens is 4. The van der Waals surface area contributed by atoms with Crippen LogP contribution >= 0.6 is 0 Å². The number of benzene rings is 2. The van der Waals surface area contributed by atoms with E-state index in [0.717, 1.165) is 17.5 Å². The maximum absolute atomic E-state index is 13.5. The number of nitrogens with zero attached hydrogens (tertiary/aromatic N) is 4. The lowest BCUT2D eigenvalue weighted by Crippen LogP contribution is -2.39. The number of H-pyrrole nitrogens is 1. The Bertz CT molecular complexity index is 1610. The van der Waals surface area contributed by atoms with Crippen LogP contribution in [-0.4, -0.2) is 52.2 Å². The Labute approximate surface area is 213 Å². The van der Waals surface area contributed by atoms with Gasteiger partial charge in [0, 0.05) is 29.4 Å². The van der Waals surface area contributed by atoms with E-state index in [0.29, 0.717) is 34.0 Å². The lowest BCUT2D eigenvalue weighted by atomic mass is 10.1. The molecular weight excluding hydrogens is 504 g/mol. The van der Waals surface area contributed by atoms with Crippen LogP contribution in [0.15, 0.2) is 47.5 Å². The average Bonchev–Trinajstić information content (AvgIpc) is 3.49. The van der Waals surface area contributed by atoms with Crippen LogP contribution in [0.25, 0.3) is 22.3 Å². The number of aromatic amines is 1. The van der Waals surface area contributed by atoms with E-state index in [2.05, 4.69) is 24.5 Å². The summed E-state index contributed by atoms with van der Waals surface area (Å²) in [5.74, 6) is 0.275. The van der Waals surface area contributed by atoms with Crippen molar-refractivity contribution in [3.8, 4) is 34.3 Å². The number of hydrogen-bond acceptors (Lipinski definition) is 8. The Morgan fingerprint density at radius 1 is 1.13 bits per heavy atom. The van der Waals surface area contributed by atoms with Crippen LogP contribution in [0, 0.1) is 0 Å². The largest absolute Gasteiger partial charge is 0.586 e. The molecule has 2 aromatic heterocycles. The molecule has 1 saturated carbocycles. The number of methoxy groups -OCH3 is 2. The van der Waals surface area contributed by atoms with E-state index in [-0.39, 0.29) is 23.1 Å². The molecule has 0 bridgehead atoms. The zero-order valence-corrected chi connectivity index (χ0v) is 20.2. The Hall–Kier alpha value is -4.68. The quantitative estimate of drug-likeness (QED) is 0.390. The van der Waals surface area contributed by atoms with E-state index in [4.69, 9.17) is 9.47 Å². The highest BCUT2D eigenvalue weighted by Crippen LogP contribution is 2.44. The van der Waals surface area contributed by atoms with Crippen molar-refractivity contribution in [2.75, 3.05) is 19.1 Å². The molecule has 0 radical (unpaired) electrons. The minimum absolute atomic E-state index is 0.122.